The number of rotatable bonds is 6. The molecule has 19 heavy (non-hydrogen) atoms. The lowest BCUT2D eigenvalue weighted by atomic mass is 10.1. The van der Waals surface area contributed by atoms with Gasteiger partial charge in [-0.05, 0) is 52.3 Å². The first-order chi connectivity index (χ1) is 8.82. The van der Waals surface area contributed by atoms with Gasteiger partial charge in [-0.2, -0.15) is 0 Å². The van der Waals surface area contributed by atoms with Crippen molar-refractivity contribution in [3.05, 3.63) is 22.7 Å². The number of nitrogen functional groups attached to an aromatic ring is 1. The summed E-state index contributed by atoms with van der Waals surface area (Å²) in [6.07, 6.45) is 0. The molecule has 1 aromatic carbocycles. The number of halogens is 1. The molecule has 0 bridgehead atoms. The first kappa shape index (κ1) is 16.1. The second kappa shape index (κ2) is 7.01. The maximum atomic E-state index is 6.05. The van der Waals surface area contributed by atoms with Crippen molar-refractivity contribution in [1.82, 2.24) is 4.90 Å². The standard InChI is InChI=1S/C15H26ClN3/c1-10(2)19(11(3)4)7-6-18-15-9-13(16)14(17)8-12(15)5/h8-11,18H,6-7,17H2,1-5H3. The molecular weight excluding hydrogens is 258 g/mol. The molecule has 0 atom stereocenters. The van der Waals surface area contributed by atoms with Crippen molar-refractivity contribution in [2.75, 3.05) is 24.1 Å². The van der Waals surface area contributed by atoms with Crippen molar-refractivity contribution in [2.45, 2.75) is 46.7 Å². The molecule has 3 nitrogen and oxygen atoms in total. The van der Waals surface area contributed by atoms with Crippen LogP contribution in [-0.2, 0) is 0 Å². The van der Waals surface area contributed by atoms with Crippen LogP contribution < -0.4 is 11.1 Å². The van der Waals surface area contributed by atoms with Crippen molar-refractivity contribution in [2.24, 2.45) is 0 Å². The SMILES string of the molecule is Cc1cc(N)c(Cl)cc1NCCN(C(C)C)C(C)C. The zero-order chi connectivity index (χ0) is 14.6. The Morgan fingerprint density at radius 2 is 1.79 bits per heavy atom. The monoisotopic (exact) mass is 283 g/mol. The quantitative estimate of drug-likeness (QED) is 0.781. The molecule has 0 heterocycles. The van der Waals surface area contributed by atoms with Crippen molar-refractivity contribution in [1.29, 1.82) is 0 Å². The molecule has 0 fully saturated rings. The Bertz CT molecular complexity index is 408. The van der Waals surface area contributed by atoms with E-state index in [2.05, 4.69) is 37.9 Å². The molecule has 1 rings (SSSR count). The fourth-order valence-corrected chi connectivity index (χ4v) is 2.49. The maximum Gasteiger partial charge on any atom is 0.0656 e. The minimum Gasteiger partial charge on any atom is -0.398 e. The van der Waals surface area contributed by atoms with Crippen molar-refractivity contribution >= 4 is 23.0 Å². The van der Waals surface area contributed by atoms with E-state index in [4.69, 9.17) is 17.3 Å². The summed E-state index contributed by atoms with van der Waals surface area (Å²) in [5.41, 5.74) is 8.60. The van der Waals surface area contributed by atoms with Crippen LogP contribution in [0.3, 0.4) is 0 Å². The molecular formula is C15H26ClN3. The zero-order valence-electron chi connectivity index (χ0n) is 12.6. The number of hydrogen-bond acceptors (Lipinski definition) is 3. The van der Waals surface area contributed by atoms with E-state index < -0.39 is 0 Å². The Balaban J connectivity index is 2.60. The topological polar surface area (TPSA) is 41.3 Å². The highest BCUT2D eigenvalue weighted by molar-refractivity contribution is 6.33. The highest BCUT2D eigenvalue weighted by Gasteiger charge is 2.12. The molecule has 0 aliphatic carbocycles. The van der Waals surface area contributed by atoms with E-state index in [9.17, 15) is 0 Å². The van der Waals surface area contributed by atoms with Crippen LogP contribution in [0.25, 0.3) is 0 Å². The van der Waals surface area contributed by atoms with E-state index >= 15 is 0 Å². The summed E-state index contributed by atoms with van der Waals surface area (Å²) >= 11 is 6.05. The lowest BCUT2D eigenvalue weighted by Gasteiger charge is -2.30. The van der Waals surface area contributed by atoms with Crippen LogP contribution in [0.5, 0.6) is 0 Å². The zero-order valence-corrected chi connectivity index (χ0v) is 13.4. The van der Waals surface area contributed by atoms with Gasteiger partial charge in [-0.25, -0.2) is 0 Å². The average molecular weight is 284 g/mol. The summed E-state index contributed by atoms with van der Waals surface area (Å²) < 4.78 is 0. The molecule has 0 spiro atoms. The summed E-state index contributed by atoms with van der Waals surface area (Å²) in [5, 5.41) is 4.05. The predicted molar refractivity (Wildman–Crippen MR) is 86.1 cm³/mol. The second-order valence-electron chi connectivity index (χ2n) is 5.54. The first-order valence-electron chi connectivity index (χ1n) is 6.88. The van der Waals surface area contributed by atoms with Gasteiger partial charge in [-0.15, -0.1) is 0 Å². The molecule has 0 radical (unpaired) electrons. The lowest BCUT2D eigenvalue weighted by Crippen LogP contribution is -2.40. The van der Waals surface area contributed by atoms with Crippen LogP contribution in [-0.4, -0.2) is 30.1 Å². The summed E-state index contributed by atoms with van der Waals surface area (Å²) in [7, 11) is 0. The van der Waals surface area contributed by atoms with Gasteiger partial charge in [0.05, 0.1) is 10.7 Å². The molecule has 0 unspecified atom stereocenters. The van der Waals surface area contributed by atoms with Gasteiger partial charge < -0.3 is 11.1 Å². The van der Waals surface area contributed by atoms with E-state index in [1.54, 1.807) is 0 Å². The molecule has 1 aromatic rings. The molecule has 0 aliphatic heterocycles. The molecule has 0 amide bonds. The van der Waals surface area contributed by atoms with Crippen molar-refractivity contribution < 1.29 is 0 Å². The van der Waals surface area contributed by atoms with Gasteiger partial charge in [0.2, 0.25) is 0 Å². The van der Waals surface area contributed by atoms with Crippen LogP contribution in [0.15, 0.2) is 12.1 Å². The highest BCUT2D eigenvalue weighted by Crippen LogP contribution is 2.26. The van der Waals surface area contributed by atoms with Crippen molar-refractivity contribution in [3.8, 4) is 0 Å². The van der Waals surface area contributed by atoms with Crippen LogP contribution in [0.4, 0.5) is 11.4 Å². The lowest BCUT2D eigenvalue weighted by molar-refractivity contribution is 0.182. The Hall–Kier alpha value is -0.930. The van der Waals surface area contributed by atoms with E-state index in [0.717, 1.165) is 24.3 Å². The third kappa shape index (κ3) is 4.59. The number of benzene rings is 1. The number of hydrogen-bond donors (Lipinski definition) is 2. The second-order valence-corrected chi connectivity index (χ2v) is 5.95. The van der Waals surface area contributed by atoms with Gasteiger partial charge in [0.15, 0.2) is 0 Å². The molecule has 0 aliphatic rings. The molecule has 4 heteroatoms. The van der Waals surface area contributed by atoms with Crippen LogP contribution in [0.1, 0.15) is 33.3 Å². The normalized spacial score (nSPS) is 11.6. The number of anilines is 2. The number of nitrogens with one attached hydrogen (secondary N) is 1. The Morgan fingerprint density at radius 1 is 1.21 bits per heavy atom. The smallest absolute Gasteiger partial charge is 0.0656 e. The highest BCUT2D eigenvalue weighted by atomic mass is 35.5. The fourth-order valence-electron chi connectivity index (χ4n) is 2.33. The molecule has 3 N–H and O–H groups in total. The first-order valence-corrected chi connectivity index (χ1v) is 7.26. The summed E-state index contributed by atoms with van der Waals surface area (Å²) in [6, 6.07) is 4.92. The molecule has 0 saturated carbocycles. The largest absolute Gasteiger partial charge is 0.398 e. The van der Waals surface area contributed by atoms with Crippen LogP contribution in [0.2, 0.25) is 5.02 Å². The fraction of sp³-hybridized carbons (Fsp3) is 0.600. The molecule has 108 valence electrons. The van der Waals surface area contributed by atoms with E-state index in [1.165, 1.54) is 0 Å². The van der Waals surface area contributed by atoms with Gasteiger partial charge in [0, 0.05) is 30.9 Å². The number of nitrogens with zero attached hydrogens (tertiary/aromatic N) is 1. The third-order valence-electron chi connectivity index (χ3n) is 3.36. The van der Waals surface area contributed by atoms with Gasteiger partial charge in [-0.1, -0.05) is 11.6 Å². The van der Waals surface area contributed by atoms with Gasteiger partial charge in [-0.3, -0.25) is 4.90 Å². The average Bonchev–Trinajstić information content (AvgIpc) is 2.29. The Kier molecular flexibility index (Phi) is 5.95. The Morgan fingerprint density at radius 3 is 2.32 bits per heavy atom. The van der Waals surface area contributed by atoms with E-state index in [-0.39, 0.29) is 0 Å². The van der Waals surface area contributed by atoms with Crippen LogP contribution >= 0.6 is 11.6 Å². The molecule has 0 aromatic heterocycles. The van der Waals surface area contributed by atoms with Gasteiger partial charge in [0.1, 0.15) is 0 Å². The summed E-state index contributed by atoms with van der Waals surface area (Å²) in [4.78, 5) is 2.46. The maximum absolute atomic E-state index is 6.05. The summed E-state index contributed by atoms with van der Waals surface area (Å²) in [5.74, 6) is 0. The van der Waals surface area contributed by atoms with Crippen LogP contribution in [0, 0.1) is 6.92 Å². The third-order valence-corrected chi connectivity index (χ3v) is 3.68. The minimum atomic E-state index is 0.554. The predicted octanol–water partition coefficient (Wildman–Crippen LogP) is 3.76. The number of aryl methyl sites for hydroxylation is 1. The summed E-state index contributed by atoms with van der Waals surface area (Å²) in [6.45, 7) is 12.9. The minimum absolute atomic E-state index is 0.554. The number of nitrogens with two attached hydrogens (primary N) is 1. The van der Waals surface area contributed by atoms with E-state index in [0.29, 0.717) is 22.8 Å². The van der Waals surface area contributed by atoms with Gasteiger partial charge >= 0.3 is 0 Å². The van der Waals surface area contributed by atoms with E-state index in [1.807, 2.05) is 19.1 Å². The van der Waals surface area contributed by atoms with Crippen molar-refractivity contribution in [3.63, 3.8) is 0 Å². The van der Waals surface area contributed by atoms with Gasteiger partial charge in [0.25, 0.3) is 0 Å². The molecule has 0 saturated heterocycles. The Labute approximate surface area is 122 Å².